The zero-order valence-electron chi connectivity index (χ0n) is 11.0. The number of aromatic amines is 1. The molecule has 3 aromatic rings. The molecule has 0 saturated carbocycles. The topological polar surface area (TPSA) is 63.9 Å². The Balaban J connectivity index is 2.34. The lowest BCUT2D eigenvalue weighted by molar-refractivity contribution is 0.416. The first-order chi connectivity index (χ1) is 9.76. The Morgan fingerprint density at radius 1 is 1.30 bits per heavy atom. The molecular formula is C15H14BrN3O. The summed E-state index contributed by atoms with van der Waals surface area (Å²) < 4.78 is 6.36. The van der Waals surface area contributed by atoms with Gasteiger partial charge in [-0.3, -0.25) is 0 Å². The van der Waals surface area contributed by atoms with E-state index in [2.05, 4.69) is 25.9 Å². The van der Waals surface area contributed by atoms with Gasteiger partial charge in [-0.1, -0.05) is 18.2 Å². The quantitative estimate of drug-likeness (QED) is 0.772. The molecule has 0 saturated heterocycles. The number of aromatic nitrogens is 2. The SMILES string of the molecule is COc1ccccc1-c1c[nH]c2ncc(Br)c(CN)c12. The fourth-order valence-electron chi connectivity index (χ4n) is 2.42. The summed E-state index contributed by atoms with van der Waals surface area (Å²) in [6.45, 7) is 0.444. The predicted octanol–water partition coefficient (Wildman–Crippen LogP) is 3.46. The fraction of sp³-hybridized carbons (Fsp3) is 0.133. The molecule has 5 heteroatoms. The minimum atomic E-state index is 0.444. The van der Waals surface area contributed by atoms with Crippen LogP contribution in [0, 0.1) is 0 Å². The molecule has 3 N–H and O–H groups in total. The van der Waals surface area contributed by atoms with Crippen LogP contribution in [0.3, 0.4) is 0 Å². The van der Waals surface area contributed by atoms with Crippen molar-refractivity contribution >= 4 is 27.0 Å². The number of hydrogen-bond acceptors (Lipinski definition) is 3. The van der Waals surface area contributed by atoms with Gasteiger partial charge in [0.05, 0.1) is 7.11 Å². The van der Waals surface area contributed by atoms with Crippen molar-refractivity contribution in [3.63, 3.8) is 0 Å². The number of methoxy groups -OCH3 is 1. The van der Waals surface area contributed by atoms with E-state index < -0.39 is 0 Å². The number of fused-ring (bicyclic) bond motifs is 1. The molecule has 0 aliphatic rings. The smallest absolute Gasteiger partial charge is 0.138 e. The van der Waals surface area contributed by atoms with Crippen molar-refractivity contribution in [1.29, 1.82) is 0 Å². The van der Waals surface area contributed by atoms with Crippen molar-refractivity contribution in [3.8, 4) is 16.9 Å². The fourth-order valence-corrected chi connectivity index (χ4v) is 2.88. The van der Waals surface area contributed by atoms with E-state index in [1.807, 2.05) is 30.5 Å². The second-order valence-corrected chi connectivity index (χ2v) is 5.27. The molecule has 0 bridgehead atoms. The third-order valence-electron chi connectivity index (χ3n) is 3.36. The molecule has 0 unspecified atom stereocenters. The molecule has 0 spiro atoms. The minimum Gasteiger partial charge on any atom is -0.496 e. The Morgan fingerprint density at radius 2 is 2.10 bits per heavy atom. The van der Waals surface area contributed by atoms with Crippen molar-refractivity contribution in [1.82, 2.24) is 9.97 Å². The molecule has 0 amide bonds. The highest BCUT2D eigenvalue weighted by molar-refractivity contribution is 9.10. The van der Waals surface area contributed by atoms with Crippen LogP contribution in [0.15, 0.2) is 41.1 Å². The van der Waals surface area contributed by atoms with Gasteiger partial charge in [0, 0.05) is 39.9 Å². The highest BCUT2D eigenvalue weighted by Gasteiger charge is 2.15. The second kappa shape index (κ2) is 5.26. The summed E-state index contributed by atoms with van der Waals surface area (Å²) in [6, 6.07) is 7.92. The van der Waals surface area contributed by atoms with E-state index in [4.69, 9.17) is 10.5 Å². The molecule has 0 aliphatic heterocycles. The lowest BCUT2D eigenvalue weighted by atomic mass is 10.0. The first kappa shape index (κ1) is 13.1. The molecule has 0 radical (unpaired) electrons. The van der Waals surface area contributed by atoms with Crippen molar-refractivity contribution < 1.29 is 4.74 Å². The number of nitrogens with zero attached hydrogens (tertiary/aromatic N) is 1. The number of halogens is 1. The van der Waals surface area contributed by atoms with Crippen molar-refractivity contribution in [2.75, 3.05) is 7.11 Å². The summed E-state index contributed by atoms with van der Waals surface area (Å²) in [5.74, 6) is 0.830. The van der Waals surface area contributed by atoms with E-state index in [1.165, 1.54) is 0 Å². The molecule has 2 aromatic heterocycles. The highest BCUT2D eigenvalue weighted by Crippen LogP contribution is 2.37. The van der Waals surface area contributed by atoms with Gasteiger partial charge in [0.15, 0.2) is 0 Å². The number of pyridine rings is 1. The van der Waals surface area contributed by atoms with Crippen LogP contribution in [0.1, 0.15) is 5.56 Å². The molecule has 2 heterocycles. The van der Waals surface area contributed by atoms with E-state index in [9.17, 15) is 0 Å². The summed E-state index contributed by atoms with van der Waals surface area (Å²) in [6.07, 6.45) is 3.72. The lowest BCUT2D eigenvalue weighted by Crippen LogP contribution is -1.99. The monoisotopic (exact) mass is 331 g/mol. The number of hydrogen-bond donors (Lipinski definition) is 2. The number of nitrogens with two attached hydrogens (primary N) is 1. The van der Waals surface area contributed by atoms with Crippen LogP contribution < -0.4 is 10.5 Å². The summed E-state index contributed by atoms with van der Waals surface area (Å²) in [5, 5.41) is 1.03. The number of benzene rings is 1. The second-order valence-electron chi connectivity index (χ2n) is 4.42. The van der Waals surface area contributed by atoms with Crippen molar-refractivity contribution in [2.24, 2.45) is 5.73 Å². The van der Waals surface area contributed by atoms with Gasteiger partial charge in [-0.15, -0.1) is 0 Å². The zero-order chi connectivity index (χ0) is 14.1. The number of ether oxygens (including phenoxy) is 1. The van der Waals surface area contributed by atoms with E-state index in [0.717, 1.165) is 37.9 Å². The maximum Gasteiger partial charge on any atom is 0.138 e. The maximum atomic E-state index is 5.89. The number of rotatable bonds is 3. The Morgan fingerprint density at radius 3 is 2.85 bits per heavy atom. The van der Waals surface area contributed by atoms with Gasteiger partial charge in [-0.05, 0) is 27.6 Å². The number of H-pyrrole nitrogens is 1. The molecule has 0 aliphatic carbocycles. The van der Waals surface area contributed by atoms with Gasteiger partial charge in [-0.2, -0.15) is 0 Å². The van der Waals surface area contributed by atoms with E-state index in [-0.39, 0.29) is 0 Å². The van der Waals surface area contributed by atoms with Crippen LogP contribution in [-0.4, -0.2) is 17.1 Å². The predicted molar refractivity (Wildman–Crippen MR) is 83.7 cm³/mol. The highest BCUT2D eigenvalue weighted by atomic mass is 79.9. The standard InChI is InChI=1S/C15H14BrN3O/c1-20-13-5-3-2-4-9(13)11-7-18-15-14(11)10(6-17)12(16)8-19-15/h2-5,7-8H,6,17H2,1H3,(H,18,19). The van der Waals surface area contributed by atoms with Crippen LogP contribution in [0.5, 0.6) is 5.75 Å². The van der Waals surface area contributed by atoms with Gasteiger partial charge in [0.25, 0.3) is 0 Å². The summed E-state index contributed by atoms with van der Waals surface area (Å²) in [7, 11) is 1.67. The number of para-hydroxylation sites is 1. The molecule has 0 atom stereocenters. The first-order valence-corrected chi connectivity index (χ1v) is 7.03. The number of nitrogens with one attached hydrogen (secondary N) is 1. The van der Waals surface area contributed by atoms with Gasteiger partial charge < -0.3 is 15.5 Å². The van der Waals surface area contributed by atoms with Crippen LogP contribution in [0.25, 0.3) is 22.2 Å². The summed E-state index contributed by atoms with van der Waals surface area (Å²) in [5.41, 5.74) is 9.83. The van der Waals surface area contributed by atoms with Crippen molar-refractivity contribution in [3.05, 3.63) is 46.7 Å². The lowest BCUT2D eigenvalue weighted by Gasteiger charge is -2.09. The molecule has 0 fully saturated rings. The Hall–Kier alpha value is -1.85. The summed E-state index contributed by atoms with van der Waals surface area (Å²) in [4.78, 5) is 7.59. The Labute approximate surface area is 125 Å². The first-order valence-electron chi connectivity index (χ1n) is 6.24. The molecule has 4 nitrogen and oxygen atoms in total. The Kier molecular flexibility index (Phi) is 3.46. The molecule has 3 rings (SSSR count). The minimum absolute atomic E-state index is 0.444. The van der Waals surface area contributed by atoms with E-state index in [0.29, 0.717) is 6.54 Å². The van der Waals surface area contributed by atoms with E-state index in [1.54, 1.807) is 13.3 Å². The molecular weight excluding hydrogens is 318 g/mol. The van der Waals surface area contributed by atoms with Gasteiger partial charge >= 0.3 is 0 Å². The Bertz CT molecular complexity index is 767. The van der Waals surface area contributed by atoms with Crippen LogP contribution in [0.2, 0.25) is 0 Å². The van der Waals surface area contributed by atoms with E-state index >= 15 is 0 Å². The van der Waals surface area contributed by atoms with Crippen LogP contribution in [-0.2, 0) is 6.54 Å². The van der Waals surface area contributed by atoms with Crippen LogP contribution >= 0.6 is 15.9 Å². The van der Waals surface area contributed by atoms with Crippen molar-refractivity contribution in [2.45, 2.75) is 6.54 Å². The van der Waals surface area contributed by atoms with Gasteiger partial charge in [-0.25, -0.2) is 4.98 Å². The normalized spacial score (nSPS) is 10.9. The summed E-state index contributed by atoms with van der Waals surface area (Å²) >= 11 is 3.52. The zero-order valence-corrected chi connectivity index (χ0v) is 12.6. The third kappa shape index (κ3) is 1.99. The largest absolute Gasteiger partial charge is 0.496 e. The van der Waals surface area contributed by atoms with Gasteiger partial charge in [0.1, 0.15) is 11.4 Å². The molecule has 1 aromatic carbocycles. The molecule has 20 heavy (non-hydrogen) atoms. The van der Waals surface area contributed by atoms with Crippen LogP contribution in [0.4, 0.5) is 0 Å². The molecule has 102 valence electrons. The average molecular weight is 332 g/mol. The maximum absolute atomic E-state index is 5.89. The third-order valence-corrected chi connectivity index (χ3v) is 4.04. The average Bonchev–Trinajstić information content (AvgIpc) is 2.91. The van der Waals surface area contributed by atoms with Gasteiger partial charge in [0.2, 0.25) is 0 Å².